The van der Waals surface area contributed by atoms with Crippen molar-refractivity contribution in [3.63, 3.8) is 0 Å². The van der Waals surface area contributed by atoms with Crippen molar-refractivity contribution in [2.75, 3.05) is 6.54 Å². The van der Waals surface area contributed by atoms with E-state index in [0.29, 0.717) is 18.0 Å². The maximum atomic E-state index is 12.3. The van der Waals surface area contributed by atoms with Gasteiger partial charge < -0.3 is 10.4 Å². The van der Waals surface area contributed by atoms with Gasteiger partial charge in [0.05, 0.1) is 16.3 Å². The third kappa shape index (κ3) is 3.31. The van der Waals surface area contributed by atoms with Crippen molar-refractivity contribution < 1.29 is 9.90 Å². The van der Waals surface area contributed by atoms with Gasteiger partial charge in [-0.2, -0.15) is 0 Å². The van der Waals surface area contributed by atoms with Gasteiger partial charge in [-0.05, 0) is 34.9 Å². The number of nitrogens with one attached hydrogen (secondary N) is 1. The van der Waals surface area contributed by atoms with Gasteiger partial charge in [-0.1, -0.05) is 54.6 Å². The summed E-state index contributed by atoms with van der Waals surface area (Å²) in [5.41, 5.74) is 1.72. The Morgan fingerprint density at radius 1 is 1.04 bits per heavy atom. The summed E-state index contributed by atoms with van der Waals surface area (Å²) in [5, 5.41) is 16.0. The lowest BCUT2D eigenvalue weighted by Gasteiger charge is -2.14. The minimum Gasteiger partial charge on any atom is -0.388 e. The fourth-order valence-corrected chi connectivity index (χ4v) is 3.95. The Kier molecular flexibility index (Phi) is 4.65. The molecule has 3 aromatic carbocycles. The summed E-state index contributed by atoms with van der Waals surface area (Å²) in [6.07, 6.45) is -0.179. The normalized spacial score (nSPS) is 12.3. The van der Waals surface area contributed by atoms with Gasteiger partial charge in [-0.15, -0.1) is 11.3 Å². The topological polar surface area (TPSA) is 62.2 Å². The lowest BCUT2D eigenvalue weighted by Crippen LogP contribution is -2.25. The fraction of sp³-hybridized carbons (Fsp3) is 0.143. The summed E-state index contributed by atoms with van der Waals surface area (Å²) in [5.74, 6) is -0.198. The van der Waals surface area contributed by atoms with Crippen LogP contribution in [-0.4, -0.2) is 22.5 Å². The number of benzene rings is 3. The molecule has 1 amide bonds. The highest BCUT2D eigenvalue weighted by atomic mass is 32.1. The fourth-order valence-electron chi connectivity index (χ4n) is 3.06. The van der Waals surface area contributed by atoms with Gasteiger partial charge in [0, 0.05) is 6.54 Å². The molecule has 0 spiro atoms. The molecular weight excluding hydrogens is 344 g/mol. The predicted octanol–water partition coefficient (Wildman–Crippen LogP) is 4.30. The van der Waals surface area contributed by atoms with Gasteiger partial charge in [0.2, 0.25) is 0 Å². The highest BCUT2D eigenvalue weighted by molar-refractivity contribution is 7.20. The number of aliphatic hydroxyl groups is 1. The minimum atomic E-state index is -0.628. The Bertz CT molecular complexity index is 1040. The Labute approximate surface area is 155 Å². The van der Waals surface area contributed by atoms with Crippen molar-refractivity contribution in [3.8, 4) is 0 Å². The van der Waals surface area contributed by atoms with Gasteiger partial charge >= 0.3 is 0 Å². The van der Waals surface area contributed by atoms with Gasteiger partial charge in [-0.3, -0.25) is 4.79 Å². The molecule has 0 bridgehead atoms. The van der Waals surface area contributed by atoms with E-state index in [0.717, 1.165) is 26.6 Å². The Morgan fingerprint density at radius 2 is 1.81 bits per heavy atom. The monoisotopic (exact) mass is 362 g/mol. The number of rotatable bonds is 5. The van der Waals surface area contributed by atoms with Crippen molar-refractivity contribution in [3.05, 3.63) is 77.3 Å². The molecule has 0 aliphatic heterocycles. The molecule has 4 rings (SSSR count). The highest BCUT2D eigenvalue weighted by Gasteiger charge is 2.14. The summed E-state index contributed by atoms with van der Waals surface area (Å²) in [7, 11) is 0. The zero-order chi connectivity index (χ0) is 17.9. The van der Waals surface area contributed by atoms with E-state index in [2.05, 4.69) is 10.3 Å². The largest absolute Gasteiger partial charge is 0.388 e. The molecule has 5 heteroatoms. The summed E-state index contributed by atoms with van der Waals surface area (Å²) >= 11 is 1.38. The van der Waals surface area contributed by atoms with Gasteiger partial charge in [0.15, 0.2) is 5.01 Å². The van der Waals surface area contributed by atoms with Crippen LogP contribution in [-0.2, 0) is 0 Å². The first-order chi connectivity index (χ1) is 12.7. The van der Waals surface area contributed by atoms with Gasteiger partial charge in [-0.25, -0.2) is 4.98 Å². The molecule has 2 N–H and O–H groups in total. The summed E-state index contributed by atoms with van der Waals surface area (Å²) in [4.78, 5) is 16.7. The molecule has 4 nitrogen and oxygen atoms in total. The van der Waals surface area contributed by atoms with Crippen LogP contribution in [0.4, 0.5) is 0 Å². The number of hydrogen-bond acceptors (Lipinski definition) is 4. The van der Waals surface area contributed by atoms with Crippen molar-refractivity contribution in [2.45, 2.75) is 12.5 Å². The molecule has 0 saturated heterocycles. The smallest absolute Gasteiger partial charge is 0.280 e. The van der Waals surface area contributed by atoms with E-state index in [1.54, 1.807) is 0 Å². The van der Waals surface area contributed by atoms with Crippen LogP contribution in [0.25, 0.3) is 21.0 Å². The molecule has 0 fully saturated rings. The van der Waals surface area contributed by atoms with E-state index in [9.17, 15) is 9.90 Å². The van der Waals surface area contributed by atoms with Gasteiger partial charge in [0.1, 0.15) is 0 Å². The number of fused-ring (bicyclic) bond motifs is 2. The number of aromatic nitrogens is 1. The lowest BCUT2D eigenvalue weighted by molar-refractivity contribution is 0.0942. The van der Waals surface area contributed by atoms with E-state index < -0.39 is 6.10 Å². The van der Waals surface area contributed by atoms with Crippen LogP contribution in [0, 0.1) is 0 Å². The van der Waals surface area contributed by atoms with Crippen LogP contribution >= 0.6 is 11.3 Å². The van der Waals surface area contributed by atoms with Crippen LogP contribution in [0.2, 0.25) is 0 Å². The predicted molar refractivity (Wildman–Crippen MR) is 105 cm³/mol. The number of para-hydroxylation sites is 1. The lowest BCUT2D eigenvalue weighted by atomic mass is 9.99. The first kappa shape index (κ1) is 16.7. The molecule has 1 heterocycles. The third-order valence-corrected chi connectivity index (χ3v) is 5.41. The van der Waals surface area contributed by atoms with E-state index in [-0.39, 0.29) is 5.91 Å². The van der Waals surface area contributed by atoms with E-state index in [4.69, 9.17) is 0 Å². The molecule has 130 valence electrons. The first-order valence-corrected chi connectivity index (χ1v) is 9.33. The molecule has 1 unspecified atom stereocenters. The standard InChI is InChI=1S/C21H18N2O2S/c24-18(16-9-5-7-14-6-1-2-8-15(14)16)12-13-22-20(25)21-23-17-10-3-4-11-19(17)26-21/h1-11,18,24H,12-13H2,(H,22,25). The average Bonchev–Trinajstić information content (AvgIpc) is 3.11. The molecule has 4 aromatic rings. The zero-order valence-electron chi connectivity index (χ0n) is 14.1. The molecule has 0 saturated carbocycles. The van der Waals surface area contributed by atoms with Gasteiger partial charge in [0.25, 0.3) is 5.91 Å². The molecule has 0 aliphatic carbocycles. The zero-order valence-corrected chi connectivity index (χ0v) is 14.9. The first-order valence-electron chi connectivity index (χ1n) is 8.52. The Balaban J connectivity index is 1.41. The molecule has 26 heavy (non-hydrogen) atoms. The summed E-state index contributed by atoms with van der Waals surface area (Å²) in [6, 6.07) is 21.6. The van der Waals surface area contributed by atoms with E-state index in [1.165, 1.54) is 11.3 Å². The molecule has 1 aromatic heterocycles. The second kappa shape index (κ2) is 7.23. The minimum absolute atomic E-state index is 0.198. The molecule has 0 radical (unpaired) electrons. The average molecular weight is 362 g/mol. The number of amides is 1. The second-order valence-electron chi connectivity index (χ2n) is 6.12. The van der Waals surface area contributed by atoms with Crippen molar-refractivity contribution >= 4 is 38.2 Å². The van der Waals surface area contributed by atoms with E-state index >= 15 is 0 Å². The van der Waals surface area contributed by atoms with E-state index in [1.807, 2.05) is 66.7 Å². The number of carbonyl (C=O) groups excluding carboxylic acids is 1. The summed E-state index contributed by atoms with van der Waals surface area (Å²) < 4.78 is 0.994. The highest BCUT2D eigenvalue weighted by Crippen LogP contribution is 2.26. The number of hydrogen-bond donors (Lipinski definition) is 2. The van der Waals surface area contributed by atoms with Crippen LogP contribution in [0.5, 0.6) is 0 Å². The molecular formula is C21H18N2O2S. The molecule has 1 atom stereocenters. The van der Waals surface area contributed by atoms with Crippen LogP contribution in [0.15, 0.2) is 66.7 Å². The maximum Gasteiger partial charge on any atom is 0.280 e. The maximum absolute atomic E-state index is 12.3. The SMILES string of the molecule is O=C(NCCC(O)c1cccc2ccccc12)c1nc2ccccc2s1. The quantitative estimate of drug-likeness (QED) is 0.556. The van der Waals surface area contributed by atoms with Crippen LogP contribution < -0.4 is 5.32 Å². The number of carbonyl (C=O) groups is 1. The molecule has 0 aliphatic rings. The van der Waals surface area contributed by atoms with Crippen LogP contribution in [0.1, 0.15) is 27.9 Å². The van der Waals surface area contributed by atoms with Crippen molar-refractivity contribution in [1.82, 2.24) is 10.3 Å². The Morgan fingerprint density at radius 3 is 2.69 bits per heavy atom. The second-order valence-corrected chi connectivity index (χ2v) is 7.15. The number of aliphatic hydroxyl groups excluding tert-OH is 1. The third-order valence-electron chi connectivity index (χ3n) is 4.37. The summed E-state index contributed by atoms with van der Waals surface area (Å²) in [6.45, 7) is 0.388. The van der Waals surface area contributed by atoms with Crippen LogP contribution in [0.3, 0.4) is 0 Å². The Hall–Kier alpha value is -2.76. The number of thiazole rings is 1. The van der Waals surface area contributed by atoms with Crippen molar-refractivity contribution in [2.24, 2.45) is 0 Å². The van der Waals surface area contributed by atoms with Crippen molar-refractivity contribution in [1.29, 1.82) is 0 Å². The number of nitrogens with zero attached hydrogens (tertiary/aromatic N) is 1.